The molecule has 34 heavy (non-hydrogen) atoms. The number of thiol groups is 1. The lowest BCUT2D eigenvalue weighted by Crippen LogP contribution is -2.60. The molecule has 0 aromatic heterocycles. The van der Waals surface area contributed by atoms with Crippen LogP contribution in [-0.2, 0) is 14.3 Å². The number of hydrogen-bond acceptors (Lipinski definition) is 5. The molecule has 1 rings (SSSR count). The highest BCUT2D eigenvalue weighted by molar-refractivity contribution is 7.80. The highest BCUT2D eigenvalue weighted by Gasteiger charge is 2.43. The van der Waals surface area contributed by atoms with Crippen molar-refractivity contribution in [1.82, 2.24) is 15.5 Å². The van der Waals surface area contributed by atoms with Crippen LogP contribution < -0.4 is 10.6 Å². The summed E-state index contributed by atoms with van der Waals surface area (Å²) in [6.45, 7) is 18.7. The Balaban J connectivity index is 3.62. The second-order valence-electron chi connectivity index (χ2n) is 10.7. The highest BCUT2D eigenvalue weighted by Crippen LogP contribution is 2.34. The van der Waals surface area contributed by atoms with Crippen LogP contribution in [0.2, 0.25) is 0 Å². The summed E-state index contributed by atoms with van der Waals surface area (Å²) in [7, 11) is 0. The van der Waals surface area contributed by atoms with E-state index in [-0.39, 0.29) is 17.7 Å². The van der Waals surface area contributed by atoms with E-state index in [1.165, 1.54) is 0 Å². The van der Waals surface area contributed by atoms with Gasteiger partial charge in [-0.2, -0.15) is 12.6 Å². The molecule has 0 saturated heterocycles. The molecule has 7 nitrogen and oxygen atoms in total. The van der Waals surface area contributed by atoms with Gasteiger partial charge in [-0.25, -0.2) is 4.79 Å². The number of carbonyl (C=O) groups is 3. The van der Waals surface area contributed by atoms with Crippen LogP contribution in [-0.4, -0.2) is 51.8 Å². The zero-order valence-electron chi connectivity index (χ0n) is 22.4. The highest BCUT2D eigenvalue weighted by atomic mass is 32.1. The van der Waals surface area contributed by atoms with E-state index < -0.39 is 35.2 Å². The van der Waals surface area contributed by atoms with Gasteiger partial charge in [-0.15, -0.1) is 0 Å². The molecular formula is C26H43N3O4S. The summed E-state index contributed by atoms with van der Waals surface area (Å²) in [4.78, 5) is 41.7. The number of nitrogens with zero attached hydrogens (tertiary/aromatic N) is 1. The maximum atomic E-state index is 14.0. The van der Waals surface area contributed by atoms with Gasteiger partial charge >= 0.3 is 6.09 Å². The van der Waals surface area contributed by atoms with Crippen LogP contribution in [0.1, 0.15) is 84.5 Å². The lowest BCUT2D eigenvalue weighted by atomic mass is 9.89. The van der Waals surface area contributed by atoms with Crippen molar-refractivity contribution in [2.24, 2.45) is 0 Å². The molecule has 0 aliphatic heterocycles. The van der Waals surface area contributed by atoms with E-state index in [9.17, 15) is 14.4 Å². The topological polar surface area (TPSA) is 87.7 Å². The average molecular weight is 494 g/mol. The van der Waals surface area contributed by atoms with Crippen LogP contribution in [0.4, 0.5) is 4.79 Å². The first-order valence-electron chi connectivity index (χ1n) is 11.8. The fraction of sp³-hybridized carbons (Fsp3) is 0.654. The molecule has 2 atom stereocenters. The molecule has 0 bridgehead atoms. The average Bonchev–Trinajstić information content (AvgIpc) is 2.69. The molecule has 3 amide bonds. The Morgan fingerprint density at radius 1 is 1.06 bits per heavy atom. The first-order chi connectivity index (χ1) is 15.5. The zero-order valence-corrected chi connectivity index (χ0v) is 23.3. The van der Waals surface area contributed by atoms with Gasteiger partial charge < -0.3 is 20.3 Å². The fourth-order valence-corrected chi connectivity index (χ4v) is 3.81. The summed E-state index contributed by atoms with van der Waals surface area (Å²) in [5.74, 6) is -0.606. The molecule has 0 fully saturated rings. The van der Waals surface area contributed by atoms with E-state index in [0.29, 0.717) is 6.42 Å². The number of rotatable bonds is 9. The number of nitrogens with one attached hydrogen (secondary N) is 2. The van der Waals surface area contributed by atoms with Crippen LogP contribution >= 0.6 is 12.6 Å². The van der Waals surface area contributed by atoms with Crippen molar-refractivity contribution in [3.8, 4) is 0 Å². The van der Waals surface area contributed by atoms with E-state index in [0.717, 1.165) is 16.7 Å². The fourth-order valence-electron chi connectivity index (χ4n) is 3.56. The van der Waals surface area contributed by atoms with Crippen LogP contribution in [0.15, 0.2) is 18.2 Å². The minimum absolute atomic E-state index is 0.0552. The van der Waals surface area contributed by atoms with E-state index in [1.54, 1.807) is 25.7 Å². The first-order valence-corrected chi connectivity index (χ1v) is 12.5. The molecule has 0 radical (unpaired) electrons. The summed E-state index contributed by atoms with van der Waals surface area (Å²) in [5, 5.41) is 5.64. The Bertz CT molecular complexity index is 877. The van der Waals surface area contributed by atoms with Crippen molar-refractivity contribution < 1.29 is 19.1 Å². The number of benzene rings is 1. The number of ether oxygens (including phenoxy) is 1. The SMILES string of the molecule is CCC(C)(C)N(C(=O)C(CS)NC(=O)OC(C)(C)C)C(C(=O)NC(C)C)c1cc(C)ccc1C. The Morgan fingerprint density at radius 3 is 2.12 bits per heavy atom. The van der Waals surface area contributed by atoms with Crippen LogP contribution in [0.25, 0.3) is 0 Å². The van der Waals surface area contributed by atoms with Gasteiger partial charge in [0.25, 0.3) is 0 Å². The molecule has 2 N–H and O–H groups in total. The predicted molar refractivity (Wildman–Crippen MR) is 140 cm³/mol. The lowest BCUT2D eigenvalue weighted by molar-refractivity contribution is -0.149. The quantitative estimate of drug-likeness (QED) is 0.435. The number of carbonyl (C=O) groups excluding carboxylic acids is 3. The molecular weight excluding hydrogens is 450 g/mol. The molecule has 8 heteroatoms. The van der Waals surface area contributed by atoms with Gasteiger partial charge in [-0.1, -0.05) is 30.7 Å². The molecule has 1 aromatic carbocycles. The first kappa shape index (κ1) is 29.8. The molecule has 2 unspecified atom stereocenters. The lowest BCUT2D eigenvalue weighted by Gasteiger charge is -2.45. The third-order valence-corrected chi connectivity index (χ3v) is 5.96. The second kappa shape index (κ2) is 12.0. The normalized spacial score (nSPS) is 13.8. The maximum absolute atomic E-state index is 14.0. The van der Waals surface area contributed by atoms with Crippen molar-refractivity contribution in [2.45, 2.75) is 105 Å². The van der Waals surface area contributed by atoms with Crippen molar-refractivity contribution in [3.63, 3.8) is 0 Å². The monoisotopic (exact) mass is 493 g/mol. The second-order valence-corrected chi connectivity index (χ2v) is 11.0. The van der Waals surface area contributed by atoms with Crippen molar-refractivity contribution >= 4 is 30.5 Å². The van der Waals surface area contributed by atoms with Crippen LogP contribution in [0.3, 0.4) is 0 Å². The minimum atomic E-state index is -0.969. The molecule has 192 valence electrons. The summed E-state index contributed by atoms with van der Waals surface area (Å²) in [6.07, 6.45) is -0.107. The van der Waals surface area contributed by atoms with Crippen molar-refractivity contribution in [3.05, 3.63) is 34.9 Å². The molecule has 0 aliphatic carbocycles. The molecule has 0 heterocycles. The standard InChI is InChI=1S/C26H43N3O4S/c1-11-26(9,10)29(23(31)20(15-34)28-24(32)33-25(6,7)8)21(22(30)27-16(2)3)19-14-17(4)12-13-18(19)5/h12-14,16,20-21,34H,11,15H2,1-10H3,(H,27,30)(H,28,32). The molecule has 1 aromatic rings. The van der Waals surface area contributed by atoms with Gasteiger partial charge in [-0.05, 0) is 79.9 Å². The van der Waals surface area contributed by atoms with E-state index in [2.05, 4.69) is 23.3 Å². The number of alkyl carbamates (subject to hydrolysis) is 1. The van der Waals surface area contributed by atoms with Crippen molar-refractivity contribution in [1.29, 1.82) is 0 Å². The summed E-state index contributed by atoms with van der Waals surface area (Å²) in [6, 6.07) is 3.92. The van der Waals surface area contributed by atoms with E-state index in [1.807, 2.05) is 66.7 Å². The van der Waals surface area contributed by atoms with Crippen molar-refractivity contribution in [2.75, 3.05) is 5.75 Å². The minimum Gasteiger partial charge on any atom is -0.444 e. The predicted octanol–water partition coefficient (Wildman–Crippen LogP) is 4.71. The third-order valence-electron chi connectivity index (χ3n) is 5.59. The Morgan fingerprint density at radius 2 is 1.65 bits per heavy atom. The van der Waals surface area contributed by atoms with E-state index in [4.69, 9.17) is 4.74 Å². The molecule has 0 aliphatic rings. The van der Waals surface area contributed by atoms with Gasteiger partial charge in [0.05, 0.1) is 0 Å². The number of aryl methyl sites for hydroxylation is 2. The summed E-state index contributed by atoms with van der Waals surface area (Å²) in [5.41, 5.74) is 1.24. The Hall–Kier alpha value is -2.22. The van der Waals surface area contributed by atoms with Gasteiger partial charge in [0.2, 0.25) is 11.8 Å². The Labute approximate surface area is 210 Å². The van der Waals surface area contributed by atoms with Gasteiger partial charge in [0, 0.05) is 17.3 Å². The Kier molecular flexibility index (Phi) is 10.5. The maximum Gasteiger partial charge on any atom is 0.408 e. The number of hydrogen-bond donors (Lipinski definition) is 3. The summed E-state index contributed by atoms with van der Waals surface area (Å²) >= 11 is 4.34. The van der Waals surface area contributed by atoms with Gasteiger partial charge in [0.15, 0.2) is 0 Å². The third kappa shape index (κ3) is 8.22. The van der Waals surface area contributed by atoms with Crippen LogP contribution in [0.5, 0.6) is 0 Å². The largest absolute Gasteiger partial charge is 0.444 e. The number of amides is 3. The molecule has 0 spiro atoms. The smallest absolute Gasteiger partial charge is 0.408 e. The molecule has 0 saturated carbocycles. The summed E-state index contributed by atoms with van der Waals surface area (Å²) < 4.78 is 5.36. The van der Waals surface area contributed by atoms with Gasteiger partial charge in [-0.3, -0.25) is 9.59 Å². The van der Waals surface area contributed by atoms with Crippen LogP contribution in [0, 0.1) is 13.8 Å². The zero-order chi connectivity index (χ0) is 26.4. The van der Waals surface area contributed by atoms with E-state index >= 15 is 0 Å². The van der Waals surface area contributed by atoms with Gasteiger partial charge in [0.1, 0.15) is 17.7 Å².